The smallest absolute Gasteiger partial charge is 0.355 e. The number of nitro benzene ring substituents is 1. The van der Waals surface area contributed by atoms with Crippen molar-refractivity contribution < 1.29 is 19.2 Å². The van der Waals surface area contributed by atoms with E-state index < -0.39 is 16.8 Å². The number of hydrogen-bond donors (Lipinski definition) is 1. The van der Waals surface area contributed by atoms with E-state index in [-0.39, 0.29) is 18.0 Å². The highest BCUT2D eigenvalue weighted by Gasteiger charge is 2.16. The molecule has 0 aromatic heterocycles. The van der Waals surface area contributed by atoms with E-state index in [4.69, 9.17) is 4.74 Å². The summed E-state index contributed by atoms with van der Waals surface area (Å²) >= 11 is 0. The van der Waals surface area contributed by atoms with Crippen molar-refractivity contribution in [3.05, 3.63) is 94.2 Å². The Balaban J connectivity index is 2.32. The maximum atomic E-state index is 12.3. The molecule has 132 valence electrons. The molecule has 2 rings (SSSR count). The summed E-state index contributed by atoms with van der Waals surface area (Å²) in [6.45, 7) is 3.42. The average molecular weight is 352 g/mol. The molecule has 0 bridgehead atoms. The Morgan fingerprint density at radius 3 is 2.54 bits per heavy atom. The fourth-order valence-electron chi connectivity index (χ4n) is 2.04. The summed E-state index contributed by atoms with van der Waals surface area (Å²) in [5.74, 6) is -1.28. The predicted molar refractivity (Wildman–Crippen MR) is 96.1 cm³/mol. The van der Waals surface area contributed by atoms with Gasteiger partial charge in [0.05, 0.1) is 4.92 Å². The molecule has 2 aromatic carbocycles. The summed E-state index contributed by atoms with van der Waals surface area (Å²) in [6.07, 6.45) is 2.71. The highest BCUT2D eigenvalue weighted by Crippen LogP contribution is 2.16. The molecule has 0 saturated carbocycles. The van der Waals surface area contributed by atoms with E-state index >= 15 is 0 Å². The SMILES string of the molecule is C=CCOC(=O)/C(=C\c1cccc([N+](=O)[O-])c1)NC(=O)c1ccccc1. The summed E-state index contributed by atoms with van der Waals surface area (Å²) < 4.78 is 4.97. The van der Waals surface area contributed by atoms with Crippen molar-refractivity contribution in [3.63, 3.8) is 0 Å². The number of rotatable bonds is 7. The van der Waals surface area contributed by atoms with Gasteiger partial charge in [0.25, 0.3) is 11.6 Å². The number of nitrogens with one attached hydrogen (secondary N) is 1. The Morgan fingerprint density at radius 1 is 1.15 bits per heavy atom. The molecule has 0 spiro atoms. The van der Waals surface area contributed by atoms with Gasteiger partial charge in [-0.2, -0.15) is 0 Å². The van der Waals surface area contributed by atoms with Gasteiger partial charge < -0.3 is 10.1 Å². The van der Waals surface area contributed by atoms with Crippen molar-refractivity contribution in [2.24, 2.45) is 0 Å². The third-order valence-electron chi connectivity index (χ3n) is 3.23. The van der Waals surface area contributed by atoms with Crippen molar-refractivity contribution in [2.45, 2.75) is 0 Å². The van der Waals surface area contributed by atoms with Crippen molar-refractivity contribution in [3.8, 4) is 0 Å². The van der Waals surface area contributed by atoms with Crippen LogP contribution < -0.4 is 5.32 Å². The summed E-state index contributed by atoms with van der Waals surface area (Å²) in [6, 6.07) is 14.0. The molecule has 2 aromatic rings. The van der Waals surface area contributed by atoms with E-state index in [1.807, 2.05) is 0 Å². The summed E-state index contributed by atoms with van der Waals surface area (Å²) in [7, 11) is 0. The van der Waals surface area contributed by atoms with E-state index in [1.165, 1.54) is 30.4 Å². The van der Waals surface area contributed by atoms with Crippen LogP contribution >= 0.6 is 0 Å². The first-order chi connectivity index (χ1) is 12.5. The van der Waals surface area contributed by atoms with Crippen LogP contribution in [-0.4, -0.2) is 23.4 Å². The normalized spacial score (nSPS) is 10.7. The average Bonchev–Trinajstić information content (AvgIpc) is 2.66. The van der Waals surface area contributed by atoms with Crippen LogP contribution in [0.25, 0.3) is 6.08 Å². The van der Waals surface area contributed by atoms with Gasteiger partial charge in [0, 0.05) is 17.7 Å². The second-order valence-corrected chi connectivity index (χ2v) is 5.12. The van der Waals surface area contributed by atoms with E-state index in [0.29, 0.717) is 11.1 Å². The van der Waals surface area contributed by atoms with Crippen LogP contribution in [0.5, 0.6) is 0 Å². The summed E-state index contributed by atoms with van der Waals surface area (Å²) in [4.78, 5) is 34.9. The minimum atomic E-state index is -0.777. The van der Waals surface area contributed by atoms with Crippen LogP contribution in [0.4, 0.5) is 5.69 Å². The number of nitro groups is 1. The quantitative estimate of drug-likeness (QED) is 0.271. The topological polar surface area (TPSA) is 98.5 Å². The van der Waals surface area contributed by atoms with Gasteiger partial charge in [-0.3, -0.25) is 14.9 Å². The van der Waals surface area contributed by atoms with Crippen LogP contribution in [0, 0.1) is 10.1 Å². The Kier molecular flexibility index (Phi) is 6.39. The monoisotopic (exact) mass is 352 g/mol. The molecule has 1 amide bonds. The highest BCUT2D eigenvalue weighted by molar-refractivity contribution is 6.03. The molecular weight excluding hydrogens is 336 g/mol. The van der Waals surface area contributed by atoms with Crippen molar-refractivity contribution in [2.75, 3.05) is 6.61 Å². The van der Waals surface area contributed by atoms with Crippen LogP contribution in [-0.2, 0) is 9.53 Å². The van der Waals surface area contributed by atoms with E-state index in [0.717, 1.165) is 0 Å². The molecule has 1 N–H and O–H groups in total. The molecule has 0 heterocycles. The number of non-ortho nitro benzene ring substituents is 1. The lowest BCUT2D eigenvalue weighted by Gasteiger charge is -2.09. The largest absolute Gasteiger partial charge is 0.457 e. The van der Waals surface area contributed by atoms with Gasteiger partial charge in [-0.25, -0.2) is 4.79 Å². The van der Waals surface area contributed by atoms with Crippen LogP contribution in [0.1, 0.15) is 15.9 Å². The Hall–Kier alpha value is -3.74. The molecule has 0 fully saturated rings. The van der Waals surface area contributed by atoms with Crippen LogP contribution in [0.3, 0.4) is 0 Å². The minimum absolute atomic E-state index is 0.0354. The number of nitrogens with zero attached hydrogens (tertiary/aromatic N) is 1. The van der Waals surface area contributed by atoms with E-state index in [1.54, 1.807) is 36.4 Å². The van der Waals surface area contributed by atoms with Crippen LogP contribution in [0.2, 0.25) is 0 Å². The molecular formula is C19H16N2O5. The number of carbonyl (C=O) groups excluding carboxylic acids is 2. The Morgan fingerprint density at radius 2 is 1.88 bits per heavy atom. The highest BCUT2D eigenvalue weighted by atomic mass is 16.6. The lowest BCUT2D eigenvalue weighted by Crippen LogP contribution is -2.28. The number of ether oxygens (including phenoxy) is 1. The zero-order valence-corrected chi connectivity index (χ0v) is 13.8. The molecule has 0 saturated heterocycles. The van der Waals surface area contributed by atoms with E-state index in [2.05, 4.69) is 11.9 Å². The zero-order valence-electron chi connectivity index (χ0n) is 13.8. The standard InChI is InChI=1S/C19H16N2O5/c1-2-11-26-19(23)17(20-18(22)15-8-4-3-5-9-15)13-14-7-6-10-16(12-14)21(24)25/h2-10,12-13H,1,11H2,(H,20,22)/b17-13+. The van der Waals surface area contributed by atoms with Gasteiger partial charge in [-0.15, -0.1) is 0 Å². The van der Waals surface area contributed by atoms with Gasteiger partial charge in [0.1, 0.15) is 12.3 Å². The number of esters is 1. The van der Waals surface area contributed by atoms with Crippen molar-refractivity contribution in [1.29, 1.82) is 0 Å². The summed E-state index contributed by atoms with van der Waals surface area (Å²) in [5.41, 5.74) is 0.459. The fraction of sp³-hybridized carbons (Fsp3) is 0.0526. The molecule has 7 heteroatoms. The maximum absolute atomic E-state index is 12.3. The van der Waals surface area contributed by atoms with Crippen molar-refractivity contribution in [1.82, 2.24) is 5.32 Å². The van der Waals surface area contributed by atoms with Gasteiger partial charge in [0.15, 0.2) is 0 Å². The molecule has 0 radical (unpaired) electrons. The van der Waals surface area contributed by atoms with Gasteiger partial charge in [-0.05, 0) is 23.8 Å². The lowest BCUT2D eigenvalue weighted by molar-refractivity contribution is -0.384. The molecule has 0 unspecified atom stereocenters. The number of hydrogen-bond acceptors (Lipinski definition) is 5. The first-order valence-electron chi connectivity index (χ1n) is 7.62. The molecule has 0 atom stereocenters. The van der Waals surface area contributed by atoms with Crippen molar-refractivity contribution >= 4 is 23.6 Å². The lowest BCUT2D eigenvalue weighted by atomic mass is 10.1. The second-order valence-electron chi connectivity index (χ2n) is 5.12. The van der Waals surface area contributed by atoms with E-state index in [9.17, 15) is 19.7 Å². The number of amides is 1. The number of benzene rings is 2. The molecule has 0 aliphatic rings. The molecule has 0 aliphatic heterocycles. The summed E-state index contributed by atoms with van der Waals surface area (Å²) in [5, 5.41) is 13.4. The van der Waals surface area contributed by atoms with Gasteiger partial charge in [0.2, 0.25) is 0 Å². The van der Waals surface area contributed by atoms with Crippen LogP contribution in [0.15, 0.2) is 72.9 Å². The Bertz CT molecular complexity index is 859. The molecule has 7 nitrogen and oxygen atoms in total. The molecule has 26 heavy (non-hydrogen) atoms. The second kappa shape index (κ2) is 8.93. The van der Waals surface area contributed by atoms with Gasteiger partial charge >= 0.3 is 5.97 Å². The first kappa shape index (κ1) is 18.6. The Labute approximate surface area is 149 Å². The third kappa shape index (κ3) is 5.13. The first-order valence-corrected chi connectivity index (χ1v) is 7.62. The fourth-order valence-corrected chi connectivity index (χ4v) is 2.04. The third-order valence-corrected chi connectivity index (χ3v) is 3.23. The number of carbonyl (C=O) groups is 2. The maximum Gasteiger partial charge on any atom is 0.355 e. The van der Waals surface area contributed by atoms with Gasteiger partial charge in [-0.1, -0.05) is 43.0 Å². The predicted octanol–water partition coefficient (Wildman–Crippen LogP) is 3.09. The molecule has 0 aliphatic carbocycles. The zero-order chi connectivity index (χ0) is 18.9. The minimum Gasteiger partial charge on any atom is -0.457 e.